The molecule has 0 aliphatic heterocycles. The highest BCUT2D eigenvalue weighted by atomic mass is 19.1. The molecule has 31 heavy (non-hydrogen) atoms. The van der Waals surface area contributed by atoms with E-state index in [1.165, 1.54) is 24.3 Å². The zero-order chi connectivity index (χ0) is 21.6. The van der Waals surface area contributed by atoms with Crippen molar-refractivity contribution in [3.8, 4) is 0 Å². The molecule has 0 saturated heterocycles. The summed E-state index contributed by atoms with van der Waals surface area (Å²) in [5, 5.41) is 2.88. The summed E-state index contributed by atoms with van der Waals surface area (Å²) in [4.78, 5) is 25.7. The van der Waals surface area contributed by atoms with E-state index in [1.54, 1.807) is 0 Å². The third kappa shape index (κ3) is 5.57. The molecule has 0 spiro atoms. The molecular weight excluding hydrogens is 393 g/mol. The Labute approximate surface area is 181 Å². The Balaban J connectivity index is 1.55. The number of hydrogen-bond acceptors (Lipinski definition) is 3. The van der Waals surface area contributed by atoms with E-state index >= 15 is 0 Å². The molecule has 4 rings (SSSR count). The SMILES string of the molecule is O=C(CC(c1ccccc1)c1ccccc1)OC(C(=O)NC1CC1)c1ccc(F)cc1. The number of nitrogens with one attached hydrogen (secondary N) is 1. The normalized spacial score (nSPS) is 14.1. The molecule has 0 bridgehead atoms. The first kappa shape index (κ1) is 20.8. The van der Waals surface area contributed by atoms with E-state index in [9.17, 15) is 14.0 Å². The van der Waals surface area contributed by atoms with Crippen LogP contribution in [0.1, 0.15) is 48.0 Å². The van der Waals surface area contributed by atoms with Gasteiger partial charge in [0, 0.05) is 17.5 Å². The molecule has 1 fully saturated rings. The molecule has 1 amide bonds. The molecule has 3 aromatic rings. The van der Waals surface area contributed by atoms with Crippen molar-refractivity contribution in [1.29, 1.82) is 0 Å². The maximum absolute atomic E-state index is 13.4. The zero-order valence-electron chi connectivity index (χ0n) is 17.0. The van der Waals surface area contributed by atoms with E-state index in [0.29, 0.717) is 5.56 Å². The van der Waals surface area contributed by atoms with Crippen LogP contribution >= 0.6 is 0 Å². The highest BCUT2D eigenvalue weighted by Gasteiger charge is 2.31. The molecule has 1 aliphatic rings. The molecule has 0 heterocycles. The number of benzene rings is 3. The third-order valence-electron chi connectivity index (χ3n) is 5.36. The van der Waals surface area contributed by atoms with Gasteiger partial charge in [-0.3, -0.25) is 9.59 Å². The van der Waals surface area contributed by atoms with Crippen LogP contribution in [-0.2, 0) is 14.3 Å². The molecule has 3 aromatic carbocycles. The van der Waals surface area contributed by atoms with Crippen LogP contribution in [-0.4, -0.2) is 17.9 Å². The minimum atomic E-state index is -1.11. The second-order valence-corrected chi connectivity index (χ2v) is 7.78. The first-order chi connectivity index (χ1) is 15.1. The summed E-state index contributed by atoms with van der Waals surface area (Å²) in [6, 6.07) is 25.1. The van der Waals surface area contributed by atoms with Crippen LogP contribution in [0.15, 0.2) is 84.9 Å². The summed E-state index contributed by atoms with van der Waals surface area (Å²) in [6.07, 6.45) is 0.809. The standard InChI is InChI=1S/C26H24FNO3/c27-21-13-11-20(12-14-21)25(26(30)28-22-15-16-22)31-24(29)17-23(18-7-3-1-4-8-18)19-9-5-2-6-10-19/h1-14,22-23,25H,15-17H2,(H,28,30). The van der Waals surface area contributed by atoms with Crippen molar-refractivity contribution in [3.63, 3.8) is 0 Å². The van der Waals surface area contributed by atoms with Gasteiger partial charge in [0.2, 0.25) is 6.10 Å². The predicted octanol–water partition coefficient (Wildman–Crippen LogP) is 4.91. The average Bonchev–Trinajstić information content (AvgIpc) is 3.62. The number of rotatable bonds is 8. The smallest absolute Gasteiger partial charge is 0.307 e. The number of halogens is 1. The molecule has 4 nitrogen and oxygen atoms in total. The quantitative estimate of drug-likeness (QED) is 0.530. The summed E-state index contributed by atoms with van der Waals surface area (Å²) in [5.74, 6) is -1.48. The van der Waals surface area contributed by atoms with Gasteiger partial charge in [-0.1, -0.05) is 72.8 Å². The Morgan fingerprint density at radius 2 is 1.39 bits per heavy atom. The van der Waals surface area contributed by atoms with Gasteiger partial charge >= 0.3 is 5.97 Å². The molecule has 158 valence electrons. The molecule has 0 aromatic heterocycles. The van der Waals surface area contributed by atoms with E-state index in [1.807, 2.05) is 60.7 Å². The Kier molecular flexibility index (Phi) is 6.41. The predicted molar refractivity (Wildman–Crippen MR) is 116 cm³/mol. The monoisotopic (exact) mass is 417 g/mol. The van der Waals surface area contributed by atoms with Crippen LogP contribution in [0.2, 0.25) is 0 Å². The second-order valence-electron chi connectivity index (χ2n) is 7.78. The van der Waals surface area contributed by atoms with Crippen molar-refractivity contribution >= 4 is 11.9 Å². The van der Waals surface area contributed by atoms with Crippen LogP contribution in [0.4, 0.5) is 4.39 Å². The van der Waals surface area contributed by atoms with Gasteiger partial charge in [0.05, 0.1) is 6.42 Å². The Morgan fingerprint density at radius 3 is 1.90 bits per heavy atom. The highest BCUT2D eigenvalue weighted by Crippen LogP contribution is 2.30. The average molecular weight is 417 g/mol. The van der Waals surface area contributed by atoms with Crippen LogP contribution in [0.3, 0.4) is 0 Å². The number of esters is 1. The largest absolute Gasteiger partial charge is 0.447 e. The fourth-order valence-electron chi connectivity index (χ4n) is 3.56. The van der Waals surface area contributed by atoms with Crippen molar-refractivity contribution in [2.75, 3.05) is 0 Å². The summed E-state index contributed by atoms with van der Waals surface area (Å²) in [6.45, 7) is 0. The molecule has 1 atom stereocenters. The van der Waals surface area contributed by atoms with Crippen LogP contribution < -0.4 is 5.32 Å². The maximum Gasteiger partial charge on any atom is 0.307 e. The van der Waals surface area contributed by atoms with Crippen LogP contribution in [0.25, 0.3) is 0 Å². The third-order valence-corrected chi connectivity index (χ3v) is 5.36. The lowest BCUT2D eigenvalue weighted by atomic mass is 9.88. The van der Waals surface area contributed by atoms with Gasteiger partial charge in [-0.05, 0) is 36.1 Å². The Bertz CT molecular complexity index is 978. The van der Waals surface area contributed by atoms with Crippen LogP contribution in [0, 0.1) is 5.82 Å². The molecule has 1 aliphatic carbocycles. The summed E-state index contributed by atoms with van der Waals surface area (Å²) in [7, 11) is 0. The Morgan fingerprint density at radius 1 is 0.839 bits per heavy atom. The lowest BCUT2D eigenvalue weighted by Crippen LogP contribution is -2.33. The van der Waals surface area contributed by atoms with E-state index < -0.39 is 17.9 Å². The molecular formula is C26H24FNO3. The van der Waals surface area contributed by atoms with Gasteiger partial charge in [0.25, 0.3) is 5.91 Å². The highest BCUT2D eigenvalue weighted by molar-refractivity contribution is 5.85. The molecule has 0 radical (unpaired) electrons. The van der Waals surface area contributed by atoms with E-state index in [0.717, 1.165) is 24.0 Å². The van der Waals surface area contributed by atoms with Gasteiger partial charge in [0.1, 0.15) is 5.82 Å². The van der Waals surface area contributed by atoms with Crippen molar-refractivity contribution in [3.05, 3.63) is 107 Å². The fourth-order valence-corrected chi connectivity index (χ4v) is 3.56. The van der Waals surface area contributed by atoms with E-state index in [4.69, 9.17) is 4.74 Å². The number of hydrogen-bond donors (Lipinski definition) is 1. The van der Waals surface area contributed by atoms with Gasteiger partial charge < -0.3 is 10.1 Å². The zero-order valence-corrected chi connectivity index (χ0v) is 17.0. The van der Waals surface area contributed by atoms with E-state index in [-0.39, 0.29) is 24.3 Å². The molecule has 1 N–H and O–H groups in total. The van der Waals surface area contributed by atoms with Gasteiger partial charge in [-0.25, -0.2) is 4.39 Å². The van der Waals surface area contributed by atoms with Crippen molar-refractivity contribution in [2.24, 2.45) is 0 Å². The lowest BCUT2D eigenvalue weighted by Gasteiger charge is -2.21. The number of carbonyl (C=O) groups is 2. The minimum absolute atomic E-state index is 0.0857. The van der Waals surface area contributed by atoms with Gasteiger partial charge in [-0.2, -0.15) is 0 Å². The molecule has 1 unspecified atom stereocenters. The molecule has 5 heteroatoms. The maximum atomic E-state index is 13.4. The second kappa shape index (κ2) is 9.56. The van der Waals surface area contributed by atoms with Crippen LogP contribution in [0.5, 0.6) is 0 Å². The summed E-state index contributed by atoms with van der Waals surface area (Å²) >= 11 is 0. The Hall–Kier alpha value is -3.47. The first-order valence-electron chi connectivity index (χ1n) is 10.5. The minimum Gasteiger partial charge on any atom is -0.447 e. The van der Waals surface area contributed by atoms with E-state index in [2.05, 4.69) is 5.32 Å². The van der Waals surface area contributed by atoms with Gasteiger partial charge in [0.15, 0.2) is 0 Å². The van der Waals surface area contributed by atoms with Gasteiger partial charge in [-0.15, -0.1) is 0 Å². The van der Waals surface area contributed by atoms with Crippen molar-refractivity contribution in [1.82, 2.24) is 5.32 Å². The lowest BCUT2D eigenvalue weighted by molar-refractivity contribution is -0.156. The van der Waals surface area contributed by atoms with Crippen molar-refractivity contribution < 1.29 is 18.7 Å². The number of amides is 1. The number of ether oxygens (including phenoxy) is 1. The topological polar surface area (TPSA) is 55.4 Å². The summed E-state index contributed by atoms with van der Waals surface area (Å²) < 4.78 is 19.0. The van der Waals surface area contributed by atoms with Crippen molar-refractivity contribution in [2.45, 2.75) is 37.3 Å². The number of carbonyl (C=O) groups excluding carboxylic acids is 2. The fraction of sp³-hybridized carbons (Fsp3) is 0.231. The summed E-state index contributed by atoms with van der Waals surface area (Å²) in [5.41, 5.74) is 2.43. The first-order valence-corrected chi connectivity index (χ1v) is 10.5. The molecule has 1 saturated carbocycles.